The Hall–Kier alpha value is -2.74. The molecule has 0 aromatic rings. The van der Waals surface area contributed by atoms with Crippen LogP contribution in [0.15, 0.2) is 0 Å². The van der Waals surface area contributed by atoms with Crippen molar-refractivity contribution in [1.29, 1.82) is 0 Å². The number of piperidine rings is 1. The predicted octanol–water partition coefficient (Wildman–Crippen LogP) is 4.93. The number of nitrogens with zero attached hydrogens (tertiary/aromatic N) is 2. The molecule has 2 aliphatic heterocycles. The molecule has 2 spiro atoms. The molecule has 7 fully saturated rings. The molecule has 0 aromatic heterocycles. The van der Waals surface area contributed by atoms with Crippen LogP contribution in [0.1, 0.15) is 164 Å². The van der Waals surface area contributed by atoms with Crippen LogP contribution in [-0.4, -0.2) is 102 Å². The van der Waals surface area contributed by atoms with Crippen molar-refractivity contribution in [1.82, 2.24) is 30.5 Å². The zero-order chi connectivity index (χ0) is 42.8. The maximum absolute atomic E-state index is 15.1. The van der Waals surface area contributed by atoms with Gasteiger partial charge in [0.15, 0.2) is 0 Å². The summed E-state index contributed by atoms with van der Waals surface area (Å²) in [5.41, 5.74) is -1.77. The molecule has 5 aliphatic carbocycles. The van der Waals surface area contributed by atoms with Crippen LogP contribution >= 0.6 is 0 Å². The highest BCUT2D eigenvalue weighted by Gasteiger charge is 2.85. The number of sulfonamides is 1. The highest BCUT2D eigenvalue weighted by atomic mass is 32.2. The third-order valence-corrected chi connectivity index (χ3v) is 19.5. The number of rotatable bonds is 16. The summed E-state index contributed by atoms with van der Waals surface area (Å²) >= 11 is 0. The van der Waals surface area contributed by atoms with Gasteiger partial charge in [-0.15, -0.1) is 0 Å². The van der Waals surface area contributed by atoms with Gasteiger partial charge in [0.2, 0.25) is 33.7 Å². The monoisotopic (exact) mass is 843 g/mol. The van der Waals surface area contributed by atoms with Crippen LogP contribution in [0.4, 0.5) is 0 Å². The quantitative estimate of drug-likeness (QED) is 0.169. The summed E-state index contributed by atoms with van der Waals surface area (Å²) in [6, 6.07) is -2.90. The van der Waals surface area contributed by atoms with Gasteiger partial charge in [0, 0.05) is 12.0 Å². The fourth-order valence-corrected chi connectivity index (χ4v) is 14.7. The number of hydrogen-bond donors (Lipinski definition) is 4. The van der Waals surface area contributed by atoms with Gasteiger partial charge < -0.3 is 20.9 Å². The molecule has 2 saturated heterocycles. The van der Waals surface area contributed by atoms with Gasteiger partial charge in [-0.25, -0.2) is 8.42 Å². The number of amides is 5. The Morgan fingerprint density at radius 3 is 2.00 bits per heavy atom. The summed E-state index contributed by atoms with van der Waals surface area (Å²) in [7, 11) is -3.95. The van der Waals surface area contributed by atoms with Crippen molar-refractivity contribution in [2.75, 3.05) is 19.6 Å². The molecule has 2 heterocycles. The lowest BCUT2D eigenvalue weighted by atomic mass is 9.73. The van der Waals surface area contributed by atoms with Crippen molar-refractivity contribution in [2.24, 2.45) is 34.0 Å². The zero-order valence-electron chi connectivity index (χ0n) is 37.1. The Labute approximate surface area is 353 Å². The first-order valence-electron chi connectivity index (χ1n) is 23.4. The summed E-state index contributed by atoms with van der Waals surface area (Å²) < 4.78 is 28.5. The van der Waals surface area contributed by atoms with E-state index in [0.29, 0.717) is 51.5 Å². The predicted molar refractivity (Wildman–Crippen MR) is 226 cm³/mol. The van der Waals surface area contributed by atoms with Crippen molar-refractivity contribution >= 4 is 39.6 Å². The third kappa shape index (κ3) is 7.33. The first-order chi connectivity index (χ1) is 27.9. The van der Waals surface area contributed by atoms with Gasteiger partial charge in [-0.05, 0) is 112 Å². The van der Waals surface area contributed by atoms with E-state index in [-0.39, 0.29) is 57.8 Å². The molecule has 13 nitrogen and oxygen atoms in total. The molecule has 7 rings (SSSR count). The van der Waals surface area contributed by atoms with E-state index in [9.17, 15) is 27.6 Å². The van der Waals surface area contributed by atoms with Crippen LogP contribution in [0.2, 0.25) is 0 Å². The highest BCUT2D eigenvalue weighted by molar-refractivity contribution is 7.91. The van der Waals surface area contributed by atoms with Crippen LogP contribution in [0.5, 0.6) is 0 Å². The standard InChI is InChI=1S/C45H74N6O7S/c1-8-20-42(23-24-42)59(57,58)49-40(56)45(26-31(45)9-2)48-37(53)33-27-44(41(6,7)43(44)21-16-22-43)28-51(33)39(55)34(29(4)5)46-38(54)35(30-17-12-11-13-18-30)47-36(52)32-19-14-15-25-50(32)10-3/h29-35H,8-28H2,1-7H3,(H,46,54)(H,47,52)(H,48,53)(H,49,56)/t31-,32+,33+,34+,35+,44-,45-/m1/s1. The Kier molecular flexibility index (Phi) is 12.2. The van der Waals surface area contributed by atoms with Gasteiger partial charge in [0.1, 0.15) is 23.7 Å². The second-order valence-corrected chi connectivity index (χ2v) is 22.8. The lowest BCUT2D eigenvalue weighted by molar-refractivity contribution is -0.144. The summed E-state index contributed by atoms with van der Waals surface area (Å²) in [6.45, 7) is 16.2. The normalized spacial score (nSPS) is 32.8. The van der Waals surface area contributed by atoms with Crippen molar-refractivity contribution in [3.63, 3.8) is 0 Å². The first kappa shape index (κ1) is 44.3. The number of carbonyl (C=O) groups excluding carboxylic acids is 5. The number of fused-ring (bicyclic) bond motifs is 1. The van der Waals surface area contributed by atoms with Gasteiger partial charge >= 0.3 is 0 Å². The minimum absolute atomic E-state index is 0.0124. The minimum atomic E-state index is -3.95. The van der Waals surface area contributed by atoms with Gasteiger partial charge in [0.05, 0.1) is 10.8 Å². The molecule has 7 atom stereocenters. The van der Waals surface area contributed by atoms with Crippen molar-refractivity contribution in [3.05, 3.63) is 0 Å². The molecule has 7 aliphatic rings. The number of carbonyl (C=O) groups is 5. The summed E-state index contributed by atoms with van der Waals surface area (Å²) in [6.07, 6.45) is 14.2. The highest BCUT2D eigenvalue weighted by Crippen LogP contribution is 2.88. The van der Waals surface area contributed by atoms with Gasteiger partial charge in [-0.1, -0.05) is 93.4 Å². The van der Waals surface area contributed by atoms with E-state index >= 15 is 4.79 Å². The summed E-state index contributed by atoms with van der Waals surface area (Å²) in [4.78, 5) is 76.2. The second kappa shape index (κ2) is 16.2. The summed E-state index contributed by atoms with van der Waals surface area (Å²) in [5, 5.41) is 9.38. The molecular weight excluding hydrogens is 769 g/mol. The Morgan fingerprint density at radius 2 is 1.46 bits per heavy atom. The molecule has 5 amide bonds. The lowest BCUT2D eigenvalue weighted by Crippen LogP contribution is -2.62. The van der Waals surface area contributed by atoms with E-state index in [1.165, 1.54) is 0 Å². The molecular formula is C45H74N6O7S. The SMILES string of the molecule is CCCC1(S(=O)(=O)NC(=O)[C@@]2(NC(=O)[C@@H]3C[C@@]4(CN3C(=O)[C@@H](NC(=O)[C@@H](NC(=O)[C@@H]3CCCCN3CC)C3CCCCC3)C(C)C)C(C)(C)C43CCC3)C[C@H]2CC)CC1. The number of likely N-dealkylation sites (tertiary alicyclic amines) is 2. The molecule has 14 heteroatoms. The first-order valence-corrected chi connectivity index (χ1v) is 24.9. The van der Waals surface area contributed by atoms with E-state index < -0.39 is 50.2 Å². The number of likely N-dealkylation sites (N-methyl/N-ethyl adjacent to an activating group) is 1. The topological polar surface area (TPSA) is 174 Å². The number of nitrogens with one attached hydrogen (secondary N) is 4. The average molecular weight is 843 g/mol. The molecule has 0 bridgehead atoms. The molecule has 0 aromatic carbocycles. The molecule has 0 radical (unpaired) electrons. The van der Waals surface area contributed by atoms with E-state index in [4.69, 9.17) is 0 Å². The van der Waals surface area contributed by atoms with Crippen LogP contribution in [0.25, 0.3) is 0 Å². The van der Waals surface area contributed by atoms with Crippen LogP contribution < -0.4 is 20.7 Å². The van der Waals surface area contributed by atoms with E-state index in [1.54, 1.807) is 4.90 Å². The van der Waals surface area contributed by atoms with Crippen molar-refractivity contribution in [2.45, 2.75) is 198 Å². The largest absolute Gasteiger partial charge is 0.343 e. The van der Waals surface area contributed by atoms with E-state index in [2.05, 4.69) is 46.3 Å². The van der Waals surface area contributed by atoms with E-state index in [1.807, 2.05) is 27.7 Å². The maximum Gasteiger partial charge on any atom is 0.259 e. The minimum Gasteiger partial charge on any atom is -0.343 e. The maximum atomic E-state index is 15.1. The van der Waals surface area contributed by atoms with Gasteiger partial charge in [0.25, 0.3) is 5.91 Å². The van der Waals surface area contributed by atoms with Gasteiger partial charge in [-0.3, -0.25) is 33.6 Å². The second-order valence-electron chi connectivity index (χ2n) is 20.7. The summed E-state index contributed by atoms with van der Waals surface area (Å²) in [5.74, 6) is -2.54. The average Bonchev–Trinajstić information content (AvgIpc) is 4.13. The van der Waals surface area contributed by atoms with Crippen LogP contribution in [0.3, 0.4) is 0 Å². The van der Waals surface area contributed by atoms with Crippen LogP contribution in [0, 0.1) is 34.0 Å². The third-order valence-electron chi connectivity index (χ3n) is 17.3. The van der Waals surface area contributed by atoms with E-state index in [0.717, 1.165) is 83.7 Å². The molecule has 0 unspecified atom stereocenters. The molecule has 4 N–H and O–H groups in total. The Morgan fingerprint density at radius 1 is 0.780 bits per heavy atom. The van der Waals surface area contributed by atoms with Crippen molar-refractivity contribution < 1.29 is 32.4 Å². The number of hydrogen-bond acceptors (Lipinski definition) is 8. The smallest absolute Gasteiger partial charge is 0.259 e. The van der Waals surface area contributed by atoms with Crippen LogP contribution in [-0.2, 0) is 34.0 Å². The zero-order valence-corrected chi connectivity index (χ0v) is 37.9. The van der Waals surface area contributed by atoms with Gasteiger partial charge in [-0.2, -0.15) is 0 Å². The fourth-order valence-electron chi connectivity index (χ4n) is 13.0. The Balaban J connectivity index is 1.13. The molecule has 332 valence electrons. The lowest BCUT2D eigenvalue weighted by Gasteiger charge is -2.37. The molecule has 5 saturated carbocycles. The van der Waals surface area contributed by atoms with Crippen molar-refractivity contribution in [3.8, 4) is 0 Å². The fraction of sp³-hybridized carbons (Fsp3) is 0.889. The molecule has 59 heavy (non-hydrogen) atoms. The Bertz CT molecular complexity index is 1770.